The Morgan fingerprint density at radius 3 is 1.67 bits per heavy atom. The minimum Gasteiger partial charge on any atom is -0.309 e. The summed E-state index contributed by atoms with van der Waals surface area (Å²) in [5.74, 6) is 0.275. The smallest absolute Gasteiger partial charge is 0.309 e. The van der Waals surface area contributed by atoms with Crippen molar-refractivity contribution < 1.29 is 13.2 Å². The molecule has 5 rings (SSSR count). The number of hydrogen-bond acceptors (Lipinski definition) is 4. The number of nitrogens with zero attached hydrogens (tertiary/aromatic N) is 4. The lowest BCUT2D eigenvalue weighted by Gasteiger charge is -2.37. The standard InChI is InChI=1S/C28H22F3N5/c1-20-17-24(28(29,30)31)18-25(33-20)34-26-35-32-19-36(26)27(21-11-5-2-6-12-21,22-13-7-3-8-14-22)23-15-9-4-10-16-23/h2-19H,1H3,(H,33,34,35). The number of aromatic nitrogens is 4. The van der Waals surface area contributed by atoms with E-state index in [0.717, 1.165) is 28.8 Å². The molecule has 0 aliphatic carbocycles. The molecule has 3 aromatic carbocycles. The molecule has 0 unspecified atom stereocenters. The van der Waals surface area contributed by atoms with Crippen LogP contribution in [0.5, 0.6) is 0 Å². The Labute approximate surface area is 206 Å². The fraction of sp³-hybridized carbons (Fsp3) is 0.107. The largest absolute Gasteiger partial charge is 0.416 e. The molecule has 5 nitrogen and oxygen atoms in total. The molecule has 0 atom stereocenters. The quantitative estimate of drug-likeness (QED) is 0.276. The van der Waals surface area contributed by atoms with Gasteiger partial charge in [-0.05, 0) is 35.7 Å². The summed E-state index contributed by atoms with van der Waals surface area (Å²) in [4.78, 5) is 4.27. The van der Waals surface area contributed by atoms with Crippen LogP contribution < -0.4 is 5.32 Å². The molecule has 0 fully saturated rings. The van der Waals surface area contributed by atoms with Crippen LogP contribution in [0.25, 0.3) is 0 Å². The molecular formula is C28H22F3N5. The van der Waals surface area contributed by atoms with Gasteiger partial charge in [-0.2, -0.15) is 13.2 Å². The van der Waals surface area contributed by atoms with Crippen molar-refractivity contribution in [3.8, 4) is 0 Å². The lowest BCUT2D eigenvalue weighted by atomic mass is 9.76. The number of halogens is 3. The van der Waals surface area contributed by atoms with Gasteiger partial charge < -0.3 is 5.32 Å². The van der Waals surface area contributed by atoms with Crippen molar-refractivity contribution in [2.24, 2.45) is 0 Å². The van der Waals surface area contributed by atoms with Crippen molar-refractivity contribution >= 4 is 11.8 Å². The molecule has 0 aliphatic rings. The third-order valence-corrected chi connectivity index (χ3v) is 6.00. The highest BCUT2D eigenvalue weighted by atomic mass is 19.4. The number of aryl methyl sites for hydroxylation is 1. The Morgan fingerprint density at radius 2 is 1.19 bits per heavy atom. The number of nitrogens with one attached hydrogen (secondary N) is 1. The second kappa shape index (κ2) is 9.30. The molecule has 5 aromatic rings. The van der Waals surface area contributed by atoms with Gasteiger partial charge in [0.15, 0.2) is 0 Å². The van der Waals surface area contributed by atoms with Crippen LogP contribution in [0.15, 0.2) is 109 Å². The van der Waals surface area contributed by atoms with Gasteiger partial charge in [-0.1, -0.05) is 91.0 Å². The van der Waals surface area contributed by atoms with Crippen molar-refractivity contribution in [2.45, 2.75) is 18.6 Å². The Kier molecular flexibility index (Phi) is 6.01. The first-order valence-corrected chi connectivity index (χ1v) is 11.3. The van der Waals surface area contributed by atoms with E-state index in [4.69, 9.17) is 0 Å². The summed E-state index contributed by atoms with van der Waals surface area (Å²) >= 11 is 0. The molecule has 0 amide bonds. The Bertz CT molecular complexity index is 1350. The van der Waals surface area contributed by atoms with Crippen LogP contribution in [-0.4, -0.2) is 19.7 Å². The van der Waals surface area contributed by atoms with Gasteiger partial charge in [-0.3, -0.25) is 4.57 Å². The first kappa shape index (κ1) is 23.3. The summed E-state index contributed by atoms with van der Waals surface area (Å²) in [5, 5.41) is 11.4. The Morgan fingerprint density at radius 1 is 0.694 bits per heavy atom. The number of pyridine rings is 1. The Hall–Kier alpha value is -4.46. The van der Waals surface area contributed by atoms with Crippen molar-refractivity contribution in [2.75, 3.05) is 5.32 Å². The molecule has 0 saturated carbocycles. The van der Waals surface area contributed by atoms with E-state index in [1.807, 2.05) is 95.6 Å². The molecule has 0 radical (unpaired) electrons. The highest BCUT2D eigenvalue weighted by Crippen LogP contribution is 2.42. The monoisotopic (exact) mass is 485 g/mol. The normalized spacial score (nSPS) is 11.9. The molecule has 0 saturated heterocycles. The van der Waals surface area contributed by atoms with Gasteiger partial charge in [0.2, 0.25) is 5.95 Å². The molecular weight excluding hydrogens is 463 g/mol. The van der Waals surface area contributed by atoms with Crippen LogP contribution in [0.1, 0.15) is 27.9 Å². The third kappa shape index (κ3) is 4.22. The van der Waals surface area contributed by atoms with Crippen LogP contribution in [-0.2, 0) is 11.7 Å². The number of alkyl halides is 3. The van der Waals surface area contributed by atoms with Crippen molar-refractivity contribution in [3.63, 3.8) is 0 Å². The molecule has 8 heteroatoms. The number of rotatable bonds is 6. The second-order valence-corrected chi connectivity index (χ2v) is 8.34. The maximum Gasteiger partial charge on any atom is 0.416 e. The fourth-order valence-corrected chi connectivity index (χ4v) is 4.53. The van der Waals surface area contributed by atoms with Crippen molar-refractivity contribution in [1.82, 2.24) is 19.7 Å². The van der Waals surface area contributed by atoms with Crippen LogP contribution in [0.2, 0.25) is 0 Å². The van der Waals surface area contributed by atoms with E-state index in [1.54, 1.807) is 6.33 Å². The van der Waals surface area contributed by atoms with Crippen LogP contribution in [0.3, 0.4) is 0 Å². The molecule has 2 aromatic heterocycles. The van der Waals surface area contributed by atoms with Crippen molar-refractivity contribution in [1.29, 1.82) is 0 Å². The van der Waals surface area contributed by atoms with Crippen molar-refractivity contribution in [3.05, 3.63) is 137 Å². The summed E-state index contributed by atoms with van der Waals surface area (Å²) in [6.07, 6.45) is -2.92. The van der Waals surface area contributed by atoms with E-state index in [0.29, 0.717) is 0 Å². The predicted molar refractivity (Wildman–Crippen MR) is 132 cm³/mol. The fourth-order valence-electron chi connectivity index (χ4n) is 4.53. The average Bonchev–Trinajstić information content (AvgIpc) is 3.34. The molecule has 1 N–H and O–H groups in total. The zero-order valence-corrected chi connectivity index (χ0v) is 19.3. The topological polar surface area (TPSA) is 55.6 Å². The summed E-state index contributed by atoms with van der Waals surface area (Å²) in [6.45, 7) is 1.52. The van der Waals surface area contributed by atoms with Gasteiger partial charge in [0, 0.05) is 5.69 Å². The molecule has 0 spiro atoms. The van der Waals surface area contributed by atoms with E-state index in [1.165, 1.54) is 6.92 Å². The van der Waals surface area contributed by atoms with Gasteiger partial charge in [0.25, 0.3) is 0 Å². The molecule has 180 valence electrons. The van der Waals surface area contributed by atoms with Crippen LogP contribution in [0.4, 0.5) is 24.9 Å². The van der Waals surface area contributed by atoms with Gasteiger partial charge in [0.1, 0.15) is 17.7 Å². The second-order valence-electron chi connectivity index (χ2n) is 8.34. The first-order chi connectivity index (χ1) is 17.4. The van der Waals surface area contributed by atoms with E-state index in [-0.39, 0.29) is 17.5 Å². The molecule has 0 bridgehead atoms. The summed E-state index contributed by atoms with van der Waals surface area (Å²) < 4.78 is 42.2. The third-order valence-electron chi connectivity index (χ3n) is 6.00. The highest BCUT2D eigenvalue weighted by molar-refractivity contribution is 5.56. The lowest BCUT2D eigenvalue weighted by Crippen LogP contribution is -2.38. The van der Waals surface area contributed by atoms with E-state index < -0.39 is 17.3 Å². The predicted octanol–water partition coefficient (Wildman–Crippen LogP) is 6.58. The number of hydrogen-bond donors (Lipinski definition) is 1. The summed E-state index contributed by atoms with van der Waals surface area (Å²) in [7, 11) is 0. The van der Waals surface area contributed by atoms with E-state index in [2.05, 4.69) is 20.5 Å². The first-order valence-electron chi connectivity index (χ1n) is 11.3. The highest BCUT2D eigenvalue weighted by Gasteiger charge is 2.40. The molecule has 2 heterocycles. The van der Waals surface area contributed by atoms with Gasteiger partial charge in [0.05, 0.1) is 5.56 Å². The average molecular weight is 486 g/mol. The van der Waals surface area contributed by atoms with Gasteiger partial charge in [-0.25, -0.2) is 4.98 Å². The van der Waals surface area contributed by atoms with Gasteiger partial charge >= 0.3 is 6.18 Å². The van der Waals surface area contributed by atoms with E-state index in [9.17, 15) is 13.2 Å². The SMILES string of the molecule is Cc1cc(C(F)(F)F)cc(Nc2nncn2C(c2ccccc2)(c2ccccc2)c2ccccc2)n1. The molecule has 36 heavy (non-hydrogen) atoms. The molecule has 0 aliphatic heterocycles. The summed E-state index contributed by atoms with van der Waals surface area (Å²) in [6, 6.07) is 31.6. The zero-order chi connectivity index (χ0) is 25.2. The number of benzene rings is 3. The van der Waals surface area contributed by atoms with E-state index >= 15 is 0 Å². The Balaban J connectivity index is 1.75. The number of anilines is 2. The lowest BCUT2D eigenvalue weighted by molar-refractivity contribution is -0.137. The van der Waals surface area contributed by atoms with Crippen LogP contribution >= 0.6 is 0 Å². The maximum absolute atomic E-state index is 13.5. The van der Waals surface area contributed by atoms with Crippen LogP contribution in [0, 0.1) is 6.92 Å². The van der Waals surface area contributed by atoms with Gasteiger partial charge in [-0.15, -0.1) is 10.2 Å². The minimum absolute atomic E-state index is 0.0275. The zero-order valence-electron chi connectivity index (χ0n) is 19.3. The summed E-state index contributed by atoms with van der Waals surface area (Å²) in [5.41, 5.74) is 1.31. The minimum atomic E-state index is -4.50. The maximum atomic E-state index is 13.5.